The maximum absolute atomic E-state index is 12.6. The van der Waals surface area contributed by atoms with Crippen molar-refractivity contribution in [3.63, 3.8) is 0 Å². The van der Waals surface area contributed by atoms with Crippen molar-refractivity contribution in [3.8, 4) is 0 Å². The van der Waals surface area contributed by atoms with Gasteiger partial charge < -0.3 is 52.1 Å². The molecule has 0 amide bonds. The van der Waals surface area contributed by atoms with E-state index in [2.05, 4.69) is 0 Å². The fourth-order valence-corrected chi connectivity index (χ4v) is 8.73. The van der Waals surface area contributed by atoms with E-state index in [0.29, 0.717) is 13.2 Å². The Bertz CT molecular complexity index is 2360. The van der Waals surface area contributed by atoms with Crippen molar-refractivity contribution in [2.24, 2.45) is 5.92 Å². The average Bonchev–Trinajstić information content (AvgIpc) is 3.40. The van der Waals surface area contributed by atoms with E-state index in [0.717, 1.165) is 33.4 Å². The van der Waals surface area contributed by atoms with Crippen molar-refractivity contribution in [2.45, 2.75) is 102 Å². The molecular weight excluding hydrogens is 889 g/mol. The predicted octanol–water partition coefficient (Wildman–Crippen LogP) is 9.42. The van der Waals surface area contributed by atoms with Crippen molar-refractivity contribution < 1.29 is 56.9 Å². The van der Waals surface area contributed by atoms with Gasteiger partial charge in [-0.05, 0) is 33.4 Å². The Labute approximate surface area is 411 Å². The molecule has 6 aromatic rings. The van der Waals surface area contributed by atoms with E-state index >= 15 is 0 Å². The number of carbonyl (C=O) groups is 1. The van der Waals surface area contributed by atoms with Crippen LogP contribution in [0.4, 0.5) is 0 Å². The number of ether oxygens (including phenoxy) is 11. The second kappa shape index (κ2) is 27.1. The monoisotopic (exact) mass is 952 g/mol. The third kappa shape index (κ3) is 15.0. The van der Waals surface area contributed by atoms with Gasteiger partial charge >= 0.3 is 5.97 Å². The van der Waals surface area contributed by atoms with Crippen molar-refractivity contribution in [2.75, 3.05) is 26.9 Å². The van der Waals surface area contributed by atoms with Gasteiger partial charge in [0.2, 0.25) is 0 Å². The van der Waals surface area contributed by atoms with Gasteiger partial charge in [-0.25, -0.2) is 0 Å². The van der Waals surface area contributed by atoms with E-state index in [1.54, 1.807) is 7.11 Å². The molecule has 0 spiro atoms. The van der Waals surface area contributed by atoms with E-state index < -0.39 is 67.2 Å². The molecule has 2 aliphatic heterocycles. The van der Waals surface area contributed by atoms with Gasteiger partial charge in [-0.15, -0.1) is 0 Å². The molecule has 12 heteroatoms. The topological polar surface area (TPSA) is 119 Å². The lowest BCUT2D eigenvalue weighted by Crippen LogP contribution is -2.65. The summed E-state index contributed by atoms with van der Waals surface area (Å²) in [6.07, 6.45) is -7.59. The molecule has 0 aromatic heterocycles. The normalized spacial score (nSPS) is 24.5. The third-order valence-corrected chi connectivity index (χ3v) is 12.3. The summed E-state index contributed by atoms with van der Waals surface area (Å²) < 4.78 is 73.9. The first-order valence-electron chi connectivity index (χ1n) is 24.0. The molecule has 0 unspecified atom stereocenters. The lowest BCUT2D eigenvalue weighted by Gasteiger charge is -2.50. The van der Waals surface area contributed by atoms with Crippen LogP contribution in [0.15, 0.2) is 182 Å². The van der Waals surface area contributed by atoms with Crippen LogP contribution >= 0.6 is 0 Å². The molecule has 2 aliphatic rings. The SMILES string of the molecule is CO[C@H]1O[C@H](COCc2ccccc2)[C@@H](O[C@H]2O[C@H](COCc3ccccc3)[C@@H](COC(C)=O)[C@H](OCc3ccccc3)[C@H]2OCc2ccccc2)[C@H](OCc2ccccc2)[C@H]1OCc1ccccc1. The van der Waals surface area contributed by atoms with Gasteiger partial charge in [0, 0.05) is 14.0 Å². The van der Waals surface area contributed by atoms with Crippen molar-refractivity contribution >= 4 is 5.97 Å². The summed E-state index contributed by atoms with van der Waals surface area (Å²) in [5, 5.41) is 0. The number of hydrogen-bond donors (Lipinski definition) is 0. The minimum absolute atomic E-state index is 0.0255. The zero-order valence-corrected chi connectivity index (χ0v) is 39.9. The Hall–Kier alpha value is -5.61. The second-order valence-electron chi connectivity index (χ2n) is 17.4. The summed E-state index contributed by atoms with van der Waals surface area (Å²) in [7, 11) is 1.59. The molecule has 368 valence electrons. The Morgan fingerprint density at radius 2 is 0.743 bits per heavy atom. The van der Waals surface area contributed by atoms with Crippen molar-refractivity contribution in [3.05, 3.63) is 215 Å². The molecule has 2 saturated heterocycles. The van der Waals surface area contributed by atoms with Gasteiger partial charge in [-0.1, -0.05) is 182 Å². The highest BCUT2D eigenvalue weighted by Gasteiger charge is 2.54. The molecule has 6 aromatic carbocycles. The van der Waals surface area contributed by atoms with Crippen LogP contribution in [0, 0.1) is 5.92 Å². The number of rotatable bonds is 25. The highest BCUT2D eigenvalue weighted by atomic mass is 16.8. The highest BCUT2D eigenvalue weighted by molar-refractivity contribution is 5.65. The predicted molar refractivity (Wildman–Crippen MR) is 262 cm³/mol. The summed E-state index contributed by atoms with van der Waals surface area (Å²) in [6, 6.07) is 59.5. The molecular formula is C58H64O12. The van der Waals surface area contributed by atoms with Gasteiger partial charge in [0.05, 0.1) is 77.6 Å². The standard InChI is InChI=1S/C58H64O12/c1-42(59)63-39-49-50(40-61-33-43-21-9-3-10-22-43)68-58(55(66-37-47-29-17-7-18-30-47)52(49)64-35-45-25-13-5-14-26-45)70-53-51(41-62-34-44-23-11-4-12-24-44)69-57(60-2)56(67-38-48-31-19-8-20-32-48)54(53)65-36-46-27-15-6-16-28-46/h3-32,49-58H,33-41H2,1-2H3/t49-,50-,51-,52+,53-,54+,55-,56-,57+,58-/m1/s1. The van der Waals surface area contributed by atoms with E-state index in [4.69, 9.17) is 52.1 Å². The molecule has 12 nitrogen and oxygen atoms in total. The maximum Gasteiger partial charge on any atom is 0.302 e. The van der Waals surface area contributed by atoms with Crippen LogP contribution < -0.4 is 0 Å². The first-order valence-corrected chi connectivity index (χ1v) is 24.0. The number of hydrogen-bond acceptors (Lipinski definition) is 12. The molecule has 2 heterocycles. The molecule has 0 aliphatic carbocycles. The summed E-state index contributed by atoms with van der Waals surface area (Å²) in [5.74, 6) is -0.988. The van der Waals surface area contributed by atoms with Gasteiger partial charge in [0.25, 0.3) is 0 Å². The minimum Gasteiger partial charge on any atom is -0.465 e. The zero-order chi connectivity index (χ0) is 48.2. The highest BCUT2D eigenvalue weighted by Crippen LogP contribution is 2.38. The van der Waals surface area contributed by atoms with Crippen LogP contribution in [0.5, 0.6) is 0 Å². The van der Waals surface area contributed by atoms with E-state index in [1.165, 1.54) is 6.92 Å². The summed E-state index contributed by atoms with van der Waals surface area (Å²) in [6.45, 7) is 3.13. The molecule has 0 bridgehead atoms. The van der Waals surface area contributed by atoms with Crippen molar-refractivity contribution in [1.29, 1.82) is 0 Å². The Morgan fingerprint density at radius 1 is 0.400 bits per heavy atom. The molecule has 8 rings (SSSR count). The van der Waals surface area contributed by atoms with Crippen LogP contribution in [0.3, 0.4) is 0 Å². The van der Waals surface area contributed by atoms with E-state index in [1.807, 2.05) is 182 Å². The molecule has 0 radical (unpaired) electrons. The molecule has 10 atom stereocenters. The van der Waals surface area contributed by atoms with Crippen LogP contribution in [0.2, 0.25) is 0 Å². The number of methoxy groups -OCH3 is 1. The molecule has 2 fully saturated rings. The lowest BCUT2D eigenvalue weighted by molar-refractivity contribution is -0.371. The minimum atomic E-state index is -1.12. The van der Waals surface area contributed by atoms with Crippen LogP contribution in [-0.2, 0) is 96.5 Å². The van der Waals surface area contributed by atoms with Gasteiger partial charge in [-0.2, -0.15) is 0 Å². The second-order valence-corrected chi connectivity index (χ2v) is 17.4. The molecule has 0 N–H and O–H groups in total. The fourth-order valence-electron chi connectivity index (χ4n) is 8.73. The Kier molecular flexibility index (Phi) is 19.7. The molecule has 0 saturated carbocycles. The summed E-state index contributed by atoms with van der Waals surface area (Å²) in [4.78, 5) is 12.6. The largest absolute Gasteiger partial charge is 0.465 e. The molecule has 70 heavy (non-hydrogen) atoms. The number of carbonyl (C=O) groups excluding carboxylic acids is 1. The average molecular weight is 953 g/mol. The van der Waals surface area contributed by atoms with Gasteiger partial charge in [0.15, 0.2) is 12.6 Å². The Balaban J connectivity index is 1.18. The van der Waals surface area contributed by atoms with Crippen LogP contribution in [0.25, 0.3) is 0 Å². The van der Waals surface area contributed by atoms with Crippen LogP contribution in [0.1, 0.15) is 40.3 Å². The number of esters is 1. The fraction of sp³-hybridized carbons (Fsp3) is 0.362. The maximum atomic E-state index is 12.6. The number of benzene rings is 6. The smallest absolute Gasteiger partial charge is 0.302 e. The summed E-state index contributed by atoms with van der Waals surface area (Å²) in [5.41, 5.74) is 5.80. The Morgan fingerprint density at radius 3 is 1.14 bits per heavy atom. The van der Waals surface area contributed by atoms with Gasteiger partial charge in [-0.3, -0.25) is 4.79 Å². The lowest BCUT2D eigenvalue weighted by atomic mass is 9.88. The van der Waals surface area contributed by atoms with Crippen LogP contribution in [-0.4, -0.2) is 88.2 Å². The van der Waals surface area contributed by atoms with Crippen molar-refractivity contribution in [1.82, 2.24) is 0 Å². The first-order chi connectivity index (χ1) is 34.5. The van der Waals surface area contributed by atoms with Gasteiger partial charge in [0.1, 0.15) is 30.5 Å². The van der Waals surface area contributed by atoms with E-state index in [-0.39, 0.29) is 46.2 Å². The summed E-state index contributed by atoms with van der Waals surface area (Å²) >= 11 is 0. The van der Waals surface area contributed by atoms with E-state index in [9.17, 15) is 4.79 Å². The third-order valence-electron chi connectivity index (χ3n) is 12.3. The first kappa shape index (κ1) is 50.8. The quantitative estimate of drug-likeness (QED) is 0.0509. The zero-order valence-electron chi connectivity index (χ0n) is 39.9.